The molecular formula is C12H11Cl2N3O4. The molecule has 112 valence electrons. The van der Waals surface area contributed by atoms with Gasteiger partial charge in [0.2, 0.25) is 0 Å². The van der Waals surface area contributed by atoms with Crippen molar-refractivity contribution in [2.45, 2.75) is 13.8 Å². The SMILES string of the molecule is Cc1cc([N+](=O)[O-])cc(Cl)[n+]1[O-].Cc1cccc(Cl)[n+]1[O-]. The highest BCUT2D eigenvalue weighted by Gasteiger charge is 2.15. The van der Waals surface area contributed by atoms with Crippen molar-refractivity contribution in [1.82, 2.24) is 0 Å². The fraction of sp³-hybridized carbons (Fsp3) is 0.167. The molecule has 2 rings (SSSR count). The number of aryl methyl sites for hydroxylation is 2. The molecule has 0 aliphatic carbocycles. The first kappa shape index (κ1) is 16.9. The Balaban J connectivity index is 0.000000219. The maximum Gasteiger partial charge on any atom is 0.293 e. The predicted octanol–water partition coefficient (Wildman–Crippen LogP) is 2.47. The van der Waals surface area contributed by atoms with Crippen LogP contribution >= 0.6 is 23.2 Å². The molecule has 0 spiro atoms. The molecule has 2 aromatic rings. The molecule has 0 saturated heterocycles. The smallest absolute Gasteiger partial charge is 0.293 e. The largest absolute Gasteiger partial charge is 0.617 e. The molecule has 0 saturated carbocycles. The van der Waals surface area contributed by atoms with Gasteiger partial charge in [0, 0.05) is 26.0 Å². The van der Waals surface area contributed by atoms with E-state index in [-0.39, 0.29) is 21.7 Å². The van der Waals surface area contributed by atoms with E-state index in [0.29, 0.717) is 15.2 Å². The number of halogens is 2. The van der Waals surface area contributed by atoms with E-state index < -0.39 is 4.92 Å². The lowest BCUT2D eigenvalue weighted by Gasteiger charge is -2.00. The van der Waals surface area contributed by atoms with Gasteiger partial charge in [-0.15, -0.1) is 0 Å². The number of hydrogen-bond donors (Lipinski definition) is 0. The molecule has 0 atom stereocenters. The fourth-order valence-corrected chi connectivity index (χ4v) is 1.79. The van der Waals surface area contributed by atoms with Crippen LogP contribution in [0.2, 0.25) is 10.3 Å². The maximum absolute atomic E-state index is 10.9. The van der Waals surface area contributed by atoms with Gasteiger partial charge in [-0.3, -0.25) is 10.1 Å². The van der Waals surface area contributed by atoms with Crippen molar-refractivity contribution in [3.63, 3.8) is 0 Å². The van der Waals surface area contributed by atoms with Crippen LogP contribution in [-0.4, -0.2) is 4.92 Å². The molecule has 21 heavy (non-hydrogen) atoms. The van der Waals surface area contributed by atoms with Gasteiger partial charge in [0.25, 0.3) is 16.0 Å². The second-order valence-electron chi connectivity index (χ2n) is 4.01. The molecule has 2 heterocycles. The molecule has 7 nitrogen and oxygen atoms in total. The van der Waals surface area contributed by atoms with E-state index in [1.54, 1.807) is 25.1 Å². The van der Waals surface area contributed by atoms with E-state index in [9.17, 15) is 20.5 Å². The number of hydrogen-bond acceptors (Lipinski definition) is 4. The first-order valence-electron chi connectivity index (χ1n) is 5.63. The molecule has 9 heteroatoms. The van der Waals surface area contributed by atoms with Crippen molar-refractivity contribution in [2.24, 2.45) is 0 Å². The lowest BCUT2D eigenvalue weighted by atomic mass is 10.3. The zero-order valence-electron chi connectivity index (χ0n) is 11.1. The van der Waals surface area contributed by atoms with Crippen LogP contribution in [0.4, 0.5) is 5.69 Å². The third kappa shape index (κ3) is 4.44. The number of rotatable bonds is 1. The highest BCUT2D eigenvalue weighted by atomic mass is 35.5. The Morgan fingerprint density at radius 2 is 1.57 bits per heavy atom. The van der Waals surface area contributed by atoms with E-state index >= 15 is 0 Å². The molecule has 0 aliphatic heterocycles. The Morgan fingerprint density at radius 1 is 1.00 bits per heavy atom. The topological polar surface area (TPSA) is 97.0 Å². The summed E-state index contributed by atoms with van der Waals surface area (Å²) in [6, 6.07) is 7.19. The zero-order chi connectivity index (χ0) is 16.2. The summed E-state index contributed by atoms with van der Waals surface area (Å²) in [5.74, 6) is 0. The van der Waals surface area contributed by atoms with Crippen molar-refractivity contribution >= 4 is 28.9 Å². The van der Waals surface area contributed by atoms with Gasteiger partial charge >= 0.3 is 0 Å². The highest BCUT2D eigenvalue weighted by Crippen LogP contribution is 2.15. The summed E-state index contributed by atoms with van der Waals surface area (Å²) < 4.78 is 1.11. The predicted molar refractivity (Wildman–Crippen MR) is 77.0 cm³/mol. The van der Waals surface area contributed by atoms with E-state index in [1.165, 1.54) is 13.0 Å². The standard InChI is InChI=1S/C6H5ClN2O3.C6H6ClNO/c1-4-2-5(9(11)12)3-6(7)8(4)10;1-5-3-2-4-6(7)8(5)9/h2-3H,1H3;2-4H,1H3. The Kier molecular flexibility index (Phi) is 5.69. The molecule has 0 aliphatic rings. The van der Waals surface area contributed by atoms with Gasteiger partial charge in [0.1, 0.15) is 6.07 Å². The molecule has 2 aromatic heterocycles. The molecule has 0 aromatic carbocycles. The van der Waals surface area contributed by atoms with Crippen LogP contribution in [0.3, 0.4) is 0 Å². The van der Waals surface area contributed by atoms with Gasteiger partial charge in [0.05, 0.1) is 11.0 Å². The molecule has 0 fully saturated rings. The lowest BCUT2D eigenvalue weighted by Crippen LogP contribution is -2.31. The summed E-state index contributed by atoms with van der Waals surface area (Å²) in [6.45, 7) is 3.16. The summed E-state index contributed by atoms with van der Waals surface area (Å²) in [5.41, 5.74) is 0.640. The average molecular weight is 332 g/mol. The number of pyridine rings is 2. The Hall–Kier alpha value is -2.12. The molecule has 0 N–H and O–H groups in total. The molecule has 0 radical (unpaired) electrons. The fourth-order valence-electron chi connectivity index (χ4n) is 1.34. The maximum atomic E-state index is 10.9. The van der Waals surface area contributed by atoms with Gasteiger partial charge in [-0.05, 0) is 29.3 Å². The van der Waals surface area contributed by atoms with Gasteiger partial charge in [0.15, 0.2) is 11.4 Å². The Bertz CT molecular complexity index is 636. The van der Waals surface area contributed by atoms with Crippen LogP contribution in [0.5, 0.6) is 0 Å². The van der Waals surface area contributed by atoms with Gasteiger partial charge in [-0.2, -0.15) is 9.46 Å². The summed E-state index contributed by atoms with van der Waals surface area (Å²) >= 11 is 10.9. The third-order valence-electron chi connectivity index (χ3n) is 2.43. The zero-order valence-corrected chi connectivity index (χ0v) is 12.6. The second-order valence-corrected chi connectivity index (χ2v) is 4.79. The quantitative estimate of drug-likeness (QED) is 0.263. The first-order valence-corrected chi connectivity index (χ1v) is 6.38. The monoisotopic (exact) mass is 331 g/mol. The summed E-state index contributed by atoms with van der Waals surface area (Å²) in [4.78, 5) is 9.65. The Labute approximate surface area is 130 Å². The second kappa shape index (κ2) is 7.05. The normalized spacial score (nSPS) is 9.71. The number of nitro groups is 1. The van der Waals surface area contributed by atoms with Crippen molar-refractivity contribution < 1.29 is 14.4 Å². The van der Waals surface area contributed by atoms with Crippen LogP contribution in [0.25, 0.3) is 0 Å². The third-order valence-corrected chi connectivity index (χ3v) is 2.98. The van der Waals surface area contributed by atoms with E-state index in [1.807, 2.05) is 0 Å². The van der Waals surface area contributed by atoms with Gasteiger partial charge < -0.3 is 10.4 Å². The minimum absolute atomic E-state index is 0.176. The van der Waals surface area contributed by atoms with E-state index in [0.717, 1.165) is 6.07 Å². The van der Waals surface area contributed by atoms with Crippen LogP contribution in [0.15, 0.2) is 30.3 Å². The van der Waals surface area contributed by atoms with Crippen molar-refractivity contribution in [3.05, 3.63) is 72.6 Å². The first-order chi connectivity index (χ1) is 9.73. The van der Waals surface area contributed by atoms with Crippen molar-refractivity contribution in [1.29, 1.82) is 0 Å². The van der Waals surface area contributed by atoms with Crippen molar-refractivity contribution in [3.8, 4) is 0 Å². The highest BCUT2D eigenvalue weighted by molar-refractivity contribution is 6.28. The molecular weight excluding hydrogens is 321 g/mol. The van der Waals surface area contributed by atoms with Crippen molar-refractivity contribution in [2.75, 3.05) is 0 Å². The average Bonchev–Trinajstić information content (AvgIpc) is 2.42. The van der Waals surface area contributed by atoms with Gasteiger partial charge in [-0.1, -0.05) is 0 Å². The molecule has 0 amide bonds. The van der Waals surface area contributed by atoms with Crippen LogP contribution in [-0.2, 0) is 0 Å². The van der Waals surface area contributed by atoms with E-state index in [4.69, 9.17) is 23.2 Å². The summed E-state index contributed by atoms with van der Waals surface area (Å²) in [7, 11) is 0. The minimum Gasteiger partial charge on any atom is -0.617 e. The Morgan fingerprint density at radius 3 is 2.00 bits per heavy atom. The molecule has 0 bridgehead atoms. The van der Waals surface area contributed by atoms with E-state index in [2.05, 4.69) is 0 Å². The minimum atomic E-state index is -0.598. The van der Waals surface area contributed by atoms with Crippen LogP contribution < -0.4 is 9.46 Å². The van der Waals surface area contributed by atoms with Crippen LogP contribution in [0.1, 0.15) is 11.4 Å². The lowest BCUT2D eigenvalue weighted by molar-refractivity contribution is -0.610. The summed E-state index contributed by atoms with van der Waals surface area (Å²) in [6.07, 6.45) is 0. The summed E-state index contributed by atoms with van der Waals surface area (Å²) in [5, 5.41) is 31.9. The number of aromatic nitrogens is 2. The van der Waals surface area contributed by atoms with Crippen LogP contribution in [0, 0.1) is 34.4 Å². The molecule has 0 unspecified atom stereocenters. The van der Waals surface area contributed by atoms with Gasteiger partial charge in [-0.25, -0.2) is 0 Å². The number of nitrogens with zero attached hydrogens (tertiary/aromatic N) is 3.